The van der Waals surface area contributed by atoms with E-state index in [1.807, 2.05) is 0 Å². The summed E-state index contributed by atoms with van der Waals surface area (Å²) in [4.78, 5) is 3.87. The number of aliphatic hydroxyl groups is 1. The fourth-order valence-corrected chi connectivity index (χ4v) is 2.68. The zero-order chi connectivity index (χ0) is 12.0. The molecule has 1 unspecified atom stereocenters. The van der Waals surface area contributed by atoms with Crippen molar-refractivity contribution in [2.45, 2.75) is 25.9 Å². The van der Waals surface area contributed by atoms with Crippen LogP contribution in [0.25, 0.3) is 0 Å². The summed E-state index contributed by atoms with van der Waals surface area (Å²) in [5, 5.41) is 8.57. The largest absolute Gasteiger partial charge is 0.396 e. The molecule has 0 spiro atoms. The highest BCUT2D eigenvalue weighted by Gasteiger charge is 2.13. The maximum Gasteiger partial charge on any atom is 0.211 e. The Labute approximate surface area is 95.4 Å². The van der Waals surface area contributed by atoms with Crippen LogP contribution < -0.4 is 4.72 Å². The van der Waals surface area contributed by atoms with Crippen LogP contribution in [0.2, 0.25) is 0 Å². The number of rotatable bonds is 7. The van der Waals surface area contributed by atoms with Crippen LogP contribution in [-0.2, 0) is 16.6 Å². The summed E-state index contributed by atoms with van der Waals surface area (Å²) in [5.74, 6) is -0.0439. The molecule has 0 saturated carbocycles. The van der Waals surface area contributed by atoms with Crippen LogP contribution in [0.15, 0.2) is 18.7 Å². The minimum atomic E-state index is -3.29. The number of nitrogens with one attached hydrogen (secondary N) is 1. The van der Waals surface area contributed by atoms with Crippen molar-refractivity contribution in [2.75, 3.05) is 12.4 Å². The average molecular weight is 247 g/mol. The summed E-state index contributed by atoms with van der Waals surface area (Å²) < 4.78 is 27.3. The van der Waals surface area contributed by atoms with Crippen molar-refractivity contribution in [3.63, 3.8) is 0 Å². The fraction of sp³-hybridized carbons (Fsp3) is 0.667. The maximum atomic E-state index is 11.5. The van der Waals surface area contributed by atoms with Crippen molar-refractivity contribution in [1.29, 1.82) is 0 Å². The lowest BCUT2D eigenvalue weighted by molar-refractivity contribution is 0.295. The van der Waals surface area contributed by atoms with Crippen molar-refractivity contribution < 1.29 is 13.5 Å². The molecule has 6 nitrogen and oxygen atoms in total. The number of nitrogens with zero attached hydrogens (tertiary/aromatic N) is 2. The van der Waals surface area contributed by atoms with Gasteiger partial charge >= 0.3 is 0 Å². The van der Waals surface area contributed by atoms with Gasteiger partial charge in [-0.15, -0.1) is 0 Å². The average Bonchev–Trinajstić information content (AvgIpc) is 2.66. The van der Waals surface area contributed by atoms with Crippen LogP contribution in [0.5, 0.6) is 0 Å². The van der Waals surface area contributed by atoms with E-state index < -0.39 is 10.0 Å². The topological polar surface area (TPSA) is 84.2 Å². The second-order valence-electron chi connectivity index (χ2n) is 3.67. The van der Waals surface area contributed by atoms with Crippen LogP contribution >= 0.6 is 0 Å². The standard InChI is InChI=1S/C9H17N3O3S/c1-9(7-12-4-3-10-8-12)11-16(14,15)6-2-5-13/h3-4,8-9,11,13H,2,5-7H2,1H3. The van der Waals surface area contributed by atoms with E-state index in [0.29, 0.717) is 6.54 Å². The van der Waals surface area contributed by atoms with E-state index >= 15 is 0 Å². The molecule has 1 heterocycles. The highest BCUT2D eigenvalue weighted by Crippen LogP contribution is 1.96. The van der Waals surface area contributed by atoms with Gasteiger partial charge < -0.3 is 9.67 Å². The van der Waals surface area contributed by atoms with Crippen molar-refractivity contribution in [1.82, 2.24) is 14.3 Å². The third kappa shape index (κ3) is 4.73. The van der Waals surface area contributed by atoms with Gasteiger partial charge in [-0.2, -0.15) is 0 Å². The highest BCUT2D eigenvalue weighted by atomic mass is 32.2. The monoisotopic (exact) mass is 247 g/mol. The van der Waals surface area contributed by atoms with Crippen LogP contribution in [0.4, 0.5) is 0 Å². The summed E-state index contributed by atoms with van der Waals surface area (Å²) in [5.41, 5.74) is 0. The van der Waals surface area contributed by atoms with Crippen molar-refractivity contribution >= 4 is 10.0 Å². The van der Waals surface area contributed by atoms with Gasteiger partial charge in [-0.3, -0.25) is 0 Å². The predicted molar refractivity (Wildman–Crippen MR) is 60.3 cm³/mol. The smallest absolute Gasteiger partial charge is 0.211 e. The lowest BCUT2D eigenvalue weighted by Gasteiger charge is -2.14. The quantitative estimate of drug-likeness (QED) is 0.685. The molecule has 1 aromatic rings. The minimum Gasteiger partial charge on any atom is -0.396 e. The molecule has 0 amide bonds. The van der Waals surface area contributed by atoms with Gasteiger partial charge in [0.25, 0.3) is 0 Å². The molecule has 1 aromatic heterocycles. The lowest BCUT2D eigenvalue weighted by atomic mass is 10.4. The molecule has 0 radical (unpaired) electrons. The van der Waals surface area contributed by atoms with Gasteiger partial charge in [0.2, 0.25) is 10.0 Å². The zero-order valence-corrected chi connectivity index (χ0v) is 10.0. The van der Waals surface area contributed by atoms with Crippen LogP contribution in [0, 0.1) is 0 Å². The number of sulfonamides is 1. The summed E-state index contributed by atoms with van der Waals surface area (Å²) in [6.45, 7) is 2.21. The van der Waals surface area contributed by atoms with Gasteiger partial charge in [0.05, 0.1) is 12.1 Å². The van der Waals surface area contributed by atoms with Gasteiger partial charge in [-0.1, -0.05) is 0 Å². The Kier molecular flexibility index (Phi) is 4.91. The van der Waals surface area contributed by atoms with Gasteiger partial charge in [-0.25, -0.2) is 18.1 Å². The highest BCUT2D eigenvalue weighted by molar-refractivity contribution is 7.89. The molecule has 7 heteroatoms. The van der Waals surface area contributed by atoms with E-state index in [-0.39, 0.29) is 24.8 Å². The molecular weight excluding hydrogens is 230 g/mol. The Balaban J connectivity index is 2.41. The van der Waals surface area contributed by atoms with Crippen molar-refractivity contribution in [3.8, 4) is 0 Å². The third-order valence-electron chi connectivity index (χ3n) is 2.00. The van der Waals surface area contributed by atoms with E-state index in [0.717, 1.165) is 0 Å². The van der Waals surface area contributed by atoms with Gasteiger partial charge in [0.15, 0.2) is 0 Å². The first-order valence-electron chi connectivity index (χ1n) is 5.10. The van der Waals surface area contributed by atoms with Gasteiger partial charge in [-0.05, 0) is 13.3 Å². The molecule has 1 atom stereocenters. The molecule has 92 valence electrons. The van der Waals surface area contributed by atoms with E-state index in [1.165, 1.54) is 0 Å². The second-order valence-corrected chi connectivity index (χ2v) is 5.55. The molecule has 0 aliphatic rings. The SMILES string of the molecule is CC(Cn1ccnc1)NS(=O)(=O)CCCO. The Morgan fingerprint density at radius 2 is 2.31 bits per heavy atom. The van der Waals surface area contributed by atoms with E-state index in [1.54, 1.807) is 30.2 Å². The Morgan fingerprint density at radius 1 is 1.56 bits per heavy atom. The second kappa shape index (κ2) is 5.97. The molecule has 16 heavy (non-hydrogen) atoms. The third-order valence-corrected chi connectivity index (χ3v) is 3.58. The first-order valence-corrected chi connectivity index (χ1v) is 6.75. The Bertz CT molecular complexity index is 388. The van der Waals surface area contributed by atoms with Crippen LogP contribution in [0.1, 0.15) is 13.3 Å². The molecule has 2 N–H and O–H groups in total. The summed E-state index contributed by atoms with van der Waals surface area (Å²) in [7, 11) is -3.29. The van der Waals surface area contributed by atoms with E-state index in [4.69, 9.17) is 5.11 Å². The van der Waals surface area contributed by atoms with Crippen LogP contribution in [-0.4, -0.2) is 41.5 Å². The molecule has 0 aromatic carbocycles. The molecule has 0 fully saturated rings. The number of hydrogen-bond acceptors (Lipinski definition) is 4. The molecule has 1 rings (SSSR count). The molecular formula is C9H17N3O3S. The fourth-order valence-electron chi connectivity index (χ4n) is 1.37. The number of imidazole rings is 1. The first kappa shape index (κ1) is 13.1. The maximum absolute atomic E-state index is 11.5. The summed E-state index contributed by atoms with van der Waals surface area (Å²) in [6, 6.07) is -0.196. The van der Waals surface area contributed by atoms with E-state index in [2.05, 4.69) is 9.71 Å². The molecule has 0 bridgehead atoms. The summed E-state index contributed by atoms with van der Waals surface area (Å²) >= 11 is 0. The van der Waals surface area contributed by atoms with E-state index in [9.17, 15) is 8.42 Å². The molecule has 0 saturated heterocycles. The lowest BCUT2D eigenvalue weighted by Crippen LogP contribution is -2.37. The van der Waals surface area contributed by atoms with Crippen LogP contribution in [0.3, 0.4) is 0 Å². The molecule has 0 aliphatic carbocycles. The van der Waals surface area contributed by atoms with Crippen molar-refractivity contribution in [3.05, 3.63) is 18.7 Å². The predicted octanol–water partition coefficient (Wildman–Crippen LogP) is -0.427. The number of aromatic nitrogens is 2. The first-order chi connectivity index (χ1) is 7.53. The van der Waals surface area contributed by atoms with Crippen molar-refractivity contribution in [2.24, 2.45) is 0 Å². The Morgan fingerprint density at radius 3 is 2.88 bits per heavy atom. The van der Waals surface area contributed by atoms with Gasteiger partial charge in [0.1, 0.15) is 0 Å². The summed E-state index contributed by atoms with van der Waals surface area (Å²) in [6.07, 6.45) is 5.32. The van der Waals surface area contributed by atoms with Gasteiger partial charge in [0, 0.05) is 31.6 Å². The zero-order valence-electron chi connectivity index (χ0n) is 9.20. The normalized spacial score (nSPS) is 13.9. The minimum absolute atomic E-state index is 0.0439. The Hall–Kier alpha value is -0.920. The number of aliphatic hydroxyl groups excluding tert-OH is 1. The number of hydrogen-bond donors (Lipinski definition) is 2. The molecule has 0 aliphatic heterocycles.